The largest absolute Gasteiger partial charge is 0.376 e. The summed E-state index contributed by atoms with van der Waals surface area (Å²) < 4.78 is 7.55. The molecule has 2 heterocycles. The summed E-state index contributed by atoms with van der Waals surface area (Å²) in [4.78, 5) is 29.4. The SMILES string of the molecule is O=C(CSc1nc(=O)n(C[C@H]2CCCO2)c2c1CCCC2)NCc1ccccc1. The van der Waals surface area contributed by atoms with Gasteiger partial charge >= 0.3 is 5.69 Å². The van der Waals surface area contributed by atoms with Gasteiger partial charge < -0.3 is 10.1 Å². The van der Waals surface area contributed by atoms with Crippen LogP contribution in [0, 0.1) is 0 Å². The number of ether oxygens (including phenoxy) is 1. The van der Waals surface area contributed by atoms with Gasteiger partial charge in [-0.25, -0.2) is 4.79 Å². The van der Waals surface area contributed by atoms with Crippen molar-refractivity contribution < 1.29 is 9.53 Å². The molecule has 154 valence electrons. The van der Waals surface area contributed by atoms with Crippen LogP contribution < -0.4 is 11.0 Å². The number of carbonyl (C=O) groups excluding carboxylic acids is 1. The van der Waals surface area contributed by atoms with E-state index in [1.54, 1.807) is 0 Å². The Labute approximate surface area is 175 Å². The first-order valence-electron chi connectivity index (χ1n) is 10.4. The topological polar surface area (TPSA) is 73.2 Å². The minimum Gasteiger partial charge on any atom is -0.376 e. The lowest BCUT2D eigenvalue weighted by Gasteiger charge is -2.24. The number of benzene rings is 1. The highest BCUT2D eigenvalue weighted by molar-refractivity contribution is 7.99. The highest BCUT2D eigenvalue weighted by Gasteiger charge is 2.24. The summed E-state index contributed by atoms with van der Waals surface area (Å²) in [6.07, 6.45) is 6.17. The highest BCUT2D eigenvalue weighted by Crippen LogP contribution is 2.29. The minimum absolute atomic E-state index is 0.0475. The molecule has 0 spiro atoms. The van der Waals surface area contributed by atoms with E-state index in [1.807, 2.05) is 34.9 Å². The lowest BCUT2D eigenvalue weighted by molar-refractivity contribution is -0.118. The van der Waals surface area contributed by atoms with Gasteiger partial charge in [0.15, 0.2) is 0 Å². The Morgan fingerprint density at radius 1 is 1.21 bits per heavy atom. The van der Waals surface area contributed by atoms with Crippen LogP contribution in [-0.4, -0.2) is 33.9 Å². The van der Waals surface area contributed by atoms with Gasteiger partial charge in [0, 0.05) is 24.4 Å². The molecule has 0 saturated carbocycles. The third-order valence-corrected chi connectivity index (χ3v) is 6.55. The van der Waals surface area contributed by atoms with Crippen LogP contribution in [0.5, 0.6) is 0 Å². The molecule has 1 aromatic carbocycles. The van der Waals surface area contributed by atoms with E-state index in [0.717, 1.165) is 67.0 Å². The van der Waals surface area contributed by atoms with E-state index < -0.39 is 0 Å². The average Bonchev–Trinajstić information content (AvgIpc) is 3.27. The van der Waals surface area contributed by atoms with E-state index in [2.05, 4.69) is 10.3 Å². The molecule has 29 heavy (non-hydrogen) atoms. The quantitative estimate of drug-likeness (QED) is 0.558. The molecule has 1 atom stereocenters. The van der Waals surface area contributed by atoms with Crippen molar-refractivity contribution in [2.24, 2.45) is 0 Å². The summed E-state index contributed by atoms with van der Waals surface area (Å²) in [5.74, 6) is 0.218. The minimum atomic E-state index is -0.214. The van der Waals surface area contributed by atoms with Crippen LogP contribution in [0.15, 0.2) is 40.2 Å². The number of aromatic nitrogens is 2. The van der Waals surface area contributed by atoms with Gasteiger partial charge in [-0.2, -0.15) is 4.98 Å². The van der Waals surface area contributed by atoms with E-state index in [1.165, 1.54) is 11.8 Å². The first-order chi connectivity index (χ1) is 14.2. The molecule has 1 N–H and O–H groups in total. The van der Waals surface area contributed by atoms with Crippen molar-refractivity contribution in [3.8, 4) is 0 Å². The van der Waals surface area contributed by atoms with Crippen LogP contribution in [0.2, 0.25) is 0 Å². The lowest BCUT2D eigenvalue weighted by atomic mass is 9.97. The second-order valence-corrected chi connectivity index (χ2v) is 8.59. The van der Waals surface area contributed by atoms with Crippen molar-refractivity contribution in [1.82, 2.24) is 14.9 Å². The predicted octanol–water partition coefficient (Wildman–Crippen LogP) is 2.71. The highest BCUT2D eigenvalue weighted by atomic mass is 32.2. The Bertz CT molecular complexity index is 908. The van der Waals surface area contributed by atoms with Crippen molar-refractivity contribution in [3.05, 3.63) is 57.6 Å². The molecule has 0 bridgehead atoms. The summed E-state index contributed by atoms with van der Waals surface area (Å²) in [6, 6.07) is 9.84. The van der Waals surface area contributed by atoms with Crippen LogP contribution in [0.4, 0.5) is 0 Å². The fraction of sp³-hybridized carbons (Fsp3) is 0.500. The first-order valence-corrected chi connectivity index (χ1v) is 11.4. The predicted molar refractivity (Wildman–Crippen MR) is 113 cm³/mol. The number of amides is 1. The molecule has 6 nitrogen and oxygen atoms in total. The molecule has 2 aromatic rings. The number of nitrogens with one attached hydrogen (secondary N) is 1. The van der Waals surface area contributed by atoms with E-state index in [-0.39, 0.29) is 23.5 Å². The molecule has 4 rings (SSSR count). The Kier molecular flexibility index (Phi) is 6.67. The zero-order valence-electron chi connectivity index (χ0n) is 16.6. The van der Waals surface area contributed by atoms with E-state index >= 15 is 0 Å². The zero-order valence-corrected chi connectivity index (χ0v) is 17.4. The van der Waals surface area contributed by atoms with Crippen LogP contribution in [0.1, 0.15) is 42.5 Å². The summed E-state index contributed by atoms with van der Waals surface area (Å²) >= 11 is 1.38. The van der Waals surface area contributed by atoms with Gasteiger partial charge in [-0.05, 0) is 44.1 Å². The number of hydrogen-bond donors (Lipinski definition) is 1. The van der Waals surface area contributed by atoms with Crippen LogP contribution in [0.25, 0.3) is 0 Å². The van der Waals surface area contributed by atoms with Crippen molar-refractivity contribution >= 4 is 17.7 Å². The summed E-state index contributed by atoms with van der Waals surface area (Å²) in [5, 5.41) is 3.66. The molecule has 1 saturated heterocycles. The fourth-order valence-corrected chi connectivity index (χ4v) is 4.94. The summed E-state index contributed by atoms with van der Waals surface area (Å²) in [5.41, 5.74) is 3.10. The molecule has 1 amide bonds. The number of nitrogens with zero attached hydrogens (tertiary/aromatic N) is 2. The number of rotatable bonds is 7. The van der Waals surface area contributed by atoms with Gasteiger partial charge in [-0.15, -0.1) is 0 Å². The number of carbonyl (C=O) groups is 1. The standard InChI is InChI=1S/C22H27N3O3S/c26-20(23-13-16-7-2-1-3-8-16)15-29-21-18-10-4-5-11-19(18)25(22(27)24-21)14-17-9-6-12-28-17/h1-3,7-8,17H,4-6,9-15H2,(H,23,26)/t17-/m1/s1. The Morgan fingerprint density at radius 2 is 2.03 bits per heavy atom. The first kappa shape index (κ1) is 20.2. The number of hydrogen-bond acceptors (Lipinski definition) is 5. The van der Waals surface area contributed by atoms with Crippen molar-refractivity contribution in [2.75, 3.05) is 12.4 Å². The van der Waals surface area contributed by atoms with E-state index in [9.17, 15) is 9.59 Å². The Hall–Kier alpha value is -2.12. The Balaban J connectivity index is 1.43. The number of fused-ring (bicyclic) bond motifs is 1. The van der Waals surface area contributed by atoms with E-state index in [4.69, 9.17) is 4.74 Å². The monoisotopic (exact) mass is 413 g/mol. The van der Waals surface area contributed by atoms with Gasteiger partial charge in [0.05, 0.1) is 18.4 Å². The summed E-state index contributed by atoms with van der Waals surface area (Å²) in [6.45, 7) is 1.88. The Morgan fingerprint density at radius 3 is 2.83 bits per heavy atom. The summed E-state index contributed by atoms with van der Waals surface area (Å²) in [7, 11) is 0. The fourth-order valence-electron chi connectivity index (χ4n) is 4.03. The van der Waals surface area contributed by atoms with Crippen LogP contribution in [-0.2, 0) is 35.5 Å². The smallest absolute Gasteiger partial charge is 0.348 e. The van der Waals surface area contributed by atoms with Crippen molar-refractivity contribution in [3.63, 3.8) is 0 Å². The molecular weight excluding hydrogens is 386 g/mol. The molecule has 1 aliphatic heterocycles. The molecule has 1 aromatic heterocycles. The van der Waals surface area contributed by atoms with Gasteiger partial charge in [-0.3, -0.25) is 9.36 Å². The molecule has 7 heteroatoms. The van der Waals surface area contributed by atoms with E-state index in [0.29, 0.717) is 13.1 Å². The molecule has 0 radical (unpaired) electrons. The number of thioether (sulfide) groups is 1. The third-order valence-electron chi connectivity index (χ3n) is 5.53. The van der Waals surface area contributed by atoms with Crippen LogP contribution >= 0.6 is 11.8 Å². The molecule has 2 aliphatic rings. The zero-order chi connectivity index (χ0) is 20.1. The van der Waals surface area contributed by atoms with Gasteiger partial charge in [0.1, 0.15) is 5.03 Å². The second kappa shape index (κ2) is 9.59. The second-order valence-electron chi connectivity index (χ2n) is 7.63. The third kappa shape index (κ3) is 5.08. The van der Waals surface area contributed by atoms with Crippen LogP contribution in [0.3, 0.4) is 0 Å². The van der Waals surface area contributed by atoms with Crippen molar-refractivity contribution in [2.45, 2.75) is 62.7 Å². The van der Waals surface area contributed by atoms with Gasteiger partial charge in [0.2, 0.25) is 5.91 Å². The maximum Gasteiger partial charge on any atom is 0.348 e. The lowest BCUT2D eigenvalue weighted by Crippen LogP contribution is -2.34. The molecule has 1 fully saturated rings. The van der Waals surface area contributed by atoms with Gasteiger partial charge in [0.25, 0.3) is 0 Å². The van der Waals surface area contributed by atoms with Gasteiger partial charge in [-0.1, -0.05) is 42.1 Å². The average molecular weight is 414 g/mol. The maximum absolute atomic E-state index is 12.7. The molecule has 1 aliphatic carbocycles. The maximum atomic E-state index is 12.7. The molecular formula is C22H27N3O3S. The molecule has 0 unspecified atom stereocenters. The van der Waals surface area contributed by atoms with Crippen molar-refractivity contribution in [1.29, 1.82) is 0 Å². The normalized spacial score (nSPS) is 18.4.